The molecule has 1 aromatic heterocycles. The fourth-order valence-corrected chi connectivity index (χ4v) is 4.36. The Balaban J connectivity index is 2.34. The first-order chi connectivity index (χ1) is 10.4. The maximum atomic E-state index is 12.4. The van der Waals surface area contributed by atoms with Gasteiger partial charge >= 0.3 is 0 Å². The standard InChI is InChI=1S/C14H15ClN2O3S2/c1-3-10-5-7-13(21-10)22(19,20)17-12-8-9(14(18)16-2)4-6-11(12)15/h4-8,17H,3H2,1-2H3,(H,16,18). The van der Waals surface area contributed by atoms with Gasteiger partial charge in [-0.15, -0.1) is 11.3 Å². The van der Waals surface area contributed by atoms with Gasteiger partial charge in [0.05, 0.1) is 10.7 Å². The number of benzene rings is 1. The molecule has 0 bridgehead atoms. The molecular formula is C14H15ClN2O3S2. The highest BCUT2D eigenvalue weighted by molar-refractivity contribution is 7.94. The molecule has 0 saturated heterocycles. The molecule has 0 aliphatic heterocycles. The van der Waals surface area contributed by atoms with Crippen LogP contribution >= 0.6 is 22.9 Å². The monoisotopic (exact) mass is 358 g/mol. The smallest absolute Gasteiger partial charge is 0.271 e. The fraction of sp³-hybridized carbons (Fsp3) is 0.214. The highest BCUT2D eigenvalue weighted by atomic mass is 35.5. The summed E-state index contributed by atoms with van der Waals surface area (Å²) in [7, 11) is -2.22. The van der Waals surface area contributed by atoms with Crippen LogP contribution < -0.4 is 10.0 Å². The first kappa shape index (κ1) is 16.8. The number of carbonyl (C=O) groups is 1. The molecular weight excluding hydrogens is 344 g/mol. The van der Waals surface area contributed by atoms with Crippen molar-refractivity contribution in [2.45, 2.75) is 17.6 Å². The first-order valence-electron chi connectivity index (χ1n) is 6.50. The maximum Gasteiger partial charge on any atom is 0.271 e. The van der Waals surface area contributed by atoms with Crippen LogP contribution in [0.2, 0.25) is 5.02 Å². The van der Waals surface area contributed by atoms with E-state index >= 15 is 0 Å². The lowest BCUT2D eigenvalue weighted by Gasteiger charge is -2.10. The third kappa shape index (κ3) is 3.60. The third-order valence-corrected chi connectivity index (χ3v) is 6.37. The minimum absolute atomic E-state index is 0.175. The van der Waals surface area contributed by atoms with E-state index in [-0.39, 0.29) is 20.8 Å². The Hall–Kier alpha value is -1.57. The number of rotatable bonds is 5. The summed E-state index contributed by atoms with van der Waals surface area (Å²) in [5.74, 6) is -0.318. The molecule has 0 spiro atoms. The van der Waals surface area contributed by atoms with E-state index in [0.29, 0.717) is 5.56 Å². The second-order valence-corrected chi connectivity index (χ2v) is 7.94. The normalized spacial score (nSPS) is 11.2. The number of anilines is 1. The summed E-state index contributed by atoms with van der Waals surface area (Å²) < 4.78 is 27.4. The maximum absolute atomic E-state index is 12.4. The number of amides is 1. The van der Waals surface area contributed by atoms with E-state index in [0.717, 1.165) is 11.3 Å². The van der Waals surface area contributed by atoms with E-state index in [4.69, 9.17) is 11.6 Å². The Kier molecular flexibility index (Phi) is 5.10. The lowest BCUT2D eigenvalue weighted by molar-refractivity contribution is 0.0963. The Morgan fingerprint density at radius 3 is 2.59 bits per heavy atom. The van der Waals surface area contributed by atoms with Crippen LogP contribution in [0.4, 0.5) is 5.69 Å². The van der Waals surface area contributed by atoms with E-state index in [2.05, 4.69) is 10.0 Å². The predicted octanol–water partition coefficient (Wildman–Crippen LogP) is 3.12. The molecule has 5 nitrogen and oxygen atoms in total. The van der Waals surface area contributed by atoms with E-state index in [9.17, 15) is 13.2 Å². The van der Waals surface area contributed by atoms with Gasteiger partial charge in [-0.3, -0.25) is 9.52 Å². The summed E-state index contributed by atoms with van der Waals surface area (Å²) in [4.78, 5) is 12.6. The van der Waals surface area contributed by atoms with Crippen molar-refractivity contribution in [2.75, 3.05) is 11.8 Å². The molecule has 22 heavy (non-hydrogen) atoms. The van der Waals surface area contributed by atoms with Crippen LogP contribution in [-0.2, 0) is 16.4 Å². The molecule has 0 atom stereocenters. The number of nitrogens with one attached hydrogen (secondary N) is 2. The summed E-state index contributed by atoms with van der Waals surface area (Å²) >= 11 is 7.22. The minimum Gasteiger partial charge on any atom is -0.355 e. The van der Waals surface area contributed by atoms with Gasteiger partial charge in [0.1, 0.15) is 4.21 Å². The molecule has 2 aromatic rings. The van der Waals surface area contributed by atoms with Gasteiger partial charge in [-0.25, -0.2) is 8.42 Å². The van der Waals surface area contributed by atoms with Crippen LogP contribution in [0.1, 0.15) is 22.2 Å². The average molecular weight is 359 g/mol. The summed E-state index contributed by atoms with van der Waals surface area (Å²) in [5, 5.41) is 2.70. The zero-order valence-electron chi connectivity index (χ0n) is 12.0. The summed E-state index contributed by atoms with van der Waals surface area (Å²) in [6, 6.07) is 7.76. The minimum atomic E-state index is -3.72. The molecule has 0 saturated carbocycles. The van der Waals surface area contributed by atoms with Crippen LogP contribution in [0.5, 0.6) is 0 Å². The average Bonchev–Trinajstić information content (AvgIpc) is 2.98. The van der Waals surface area contributed by atoms with E-state index in [1.54, 1.807) is 12.1 Å². The SMILES string of the molecule is CCc1ccc(S(=O)(=O)Nc2cc(C(=O)NC)ccc2Cl)s1. The van der Waals surface area contributed by atoms with E-state index in [1.165, 1.54) is 36.6 Å². The first-order valence-corrected chi connectivity index (χ1v) is 9.18. The Morgan fingerprint density at radius 1 is 1.27 bits per heavy atom. The molecule has 1 aromatic carbocycles. The number of aryl methyl sites for hydroxylation is 1. The van der Waals surface area contributed by atoms with Crippen molar-refractivity contribution in [3.05, 3.63) is 45.8 Å². The van der Waals surface area contributed by atoms with E-state index in [1.807, 2.05) is 6.92 Å². The topological polar surface area (TPSA) is 75.3 Å². The number of hydrogen-bond donors (Lipinski definition) is 2. The van der Waals surface area contributed by atoms with Gasteiger partial charge in [0.2, 0.25) is 0 Å². The fourth-order valence-electron chi connectivity index (χ4n) is 1.78. The largest absolute Gasteiger partial charge is 0.355 e. The van der Waals surface area contributed by atoms with Gasteiger partial charge in [-0.2, -0.15) is 0 Å². The summed E-state index contributed by atoms with van der Waals surface area (Å²) in [6.45, 7) is 1.96. The van der Waals surface area contributed by atoms with Crippen molar-refractivity contribution in [1.82, 2.24) is 5.32 Å². The number of hydrogen-bond acceptors (Lipinski definition) is 4. The van der Waals surface area contributed by atoms with Gasteiger partial charge < -0.3 is 5.32 Å². The molecule has 2 N–H and O–H groups in total. The molecule has 0 aliphatic rings. The van der Waals surface area contributed by atoms with E-state index < -0.39 is 10.0 Å². The highest BCUT2D eigenvalue weighted by Crippen LogP contribution is 2.28. The van der Waals surface area contributed by atoms with Gasteiger partial charge in [0, 0.05) is 17.5 Å². The molecule has 0 aliphatic carbocycles. The molecule has 2 rings (SSSR count). The number of halogens is 1. The van der Waals surface area contributed by atoms with Gasteiger partial charge in [-0.05, 0) is 36.8 Å². The number of carbonyl (C=O) groups excluding carboxylic acids is 1. The van der Waals surface area contributed by atoms with Gasteiger partial charge in [-0.1, -0.05) is 18.5 Å². The molecule has 0 radical (unpaired) electrons. The lowest BCUT2D eigenvalue weighted by atomic mass is 10.2. The highest BCUT2D eigenvalue weighted by Gasteiger charge is 2.19. The van der Waals surface area contributed by atoms with Crippen molar-refractivity contribution in [1.29, 1.82) is 0 Å². The zero-order valence-corrected chi connectivity index (χ0v) is 14.4. The molecule has 1 heterocycles. The van der Waals surface area contributed by atoms with Crippen LogP contribution in [-0.4, -0.2) is 21.4 Å². The van der Waals surface area contributed by atoms with Crippen LogP contribution in [0.15, 0.2) is 34.5 Å². The van der Waals surface area contributed by atoms with Crippen LogP contribution in [0, 0.1) is 0 Å². The van der Waals surface area contributed by atoms with Crippen LogP contribution in [0.25, 0.3) is 0 Å². The number of sulfonamides is 1. The molecule has 0 unspecified atom stereocenters. The number of thiophene rings is 1. The Labute approximate surface area is 138 Å². The van der Waals surface area contributed by atoms with Gasteiger partial charge in [0.25, 0.3) is 15.9 Å². The van der Waals surface area contributed by atoms with Crippen molar-refractivity contribution >= 4 is 44.6 Å². The molecule has 1 amide bonds. The summed E-state index contributed by atoms with van der Waals surface area (Å²) in [5.41, 5.74) is 0.499. The van der Waals surface area contributed by atoms with Gasteiger partial charge in [0.15, 0.2) is 0 Å². The zero-order chi connectivity index (χ0) is 16.3. The molecule has 118 valence electrons. The van der Waals surface area contributed by atoms with Crippen LogP contribution in [0.3, 0.4) is 0 Å². The Bertz CT molecular complexity index is 800. The second kappa shape index (κ2) is 6.68. The molecule has 0 fully saturated rings. The predicted molar refractivity (Wildman–Crippen MR) is 89.3 cm³/mol. The Morgan fingerprint density at radius 2 is 2.00 bits per heavy atom. The second-order valence-electron chi connectivity index (χ2n) is 4.45. The van der Waals surface area contributed by atoms with Crippen molar-refractivity contribution in [3.63, 3.8) is 0 Å². The van der Waals surface area contributed by atoms with Crippen molar-refractivity contribution < 1.29 is 13.2 Å². The quantitative estimate of drug-likeness (QED) is 0.862. The van der Waals surface area contributed by atoms with Crippen molar-refractivity contribution in [3.8, 4) is 0 Å². The third-order valence-electron chi connectivity index (χ3n) is 2.95. The molecule has 8 heteroatoms. The lowest BCUT2D eigenvalue weighted by Crippen LogP contribution is -2.18. The summed E-state index contributed by atoms with van der Waals surface area (Å²) in [6.07, 6.45) is 0.771. The van der Waals surface area contributed by atoms with Crippen molar-refractivity contribution in [2.24, 2.45) is 0 Å².